The molecule has 2 aromatic rings. The minimum Gasteiger partial charge on any atom is -0.368 e. The van der Waals surface area contributed by atoms with Crippen molar-refractivity contribution in [1.82, 2.24) is 15.1 Å². The third kappa shape index (κ3) is 3.17. The Balaban J connectivity index is 1.60. The van der Waals surface area contributed by atoms with Gasteiger partial charge in [-0.25, -0.2) is 9.07 Å². The standard InChI is InChI=1S/C16H18FN3O2/c1-11-7-9-22-15(11)16(21)18-10-13-6-8-20(19-13)14-4-2-12(17)3-5-14/h2-6,8,11,15H,7,9-10H2,1H3,(H,18,21)/t11-,15-/m1/s1. The summed E-state index contributed by atoms with van der Waals surface area (Å²) < 4.78 is 20.0. The summed E-state index contributed by atoms with van der Waals surface area (Å²) in [5.74, 6) is -0.132. The number of carbonyl (C=O) groups excluding carboxylic acids is 1. The van der Waals surface area contributed by atoms with Gasteiger partial charge in [0.2, 0.25) is 5.91 Å². The van der Waals surface area contributed by atoms with E-state index in [-0.39, 0.29) is 23.7 Å². The lowest BCUT2D eigenvalue weighted by atomic mass is 10.0. The summed E-state index contributed by atoms with van der Waals surface area (Å²) in [6.45, 7) is 3.00. The summed E-state index contributed by atoms with van der Waals surface area (Å²) in [7, 11) is 0. The molecule has 1 aliphatic heterocycles. The third-order valence-electron chi connectivity index (χ3n) is 3.83. The van der Waals surface area contributed by atoms with Crippen LogP contribution < -0.4 is 5.32 Å². The Kier molecular flexibility index (Phi) is 4.20. The molecule has 1 aromatic heterocycles. The Bertz CT molecular complexity index is 654. The van der Waals surface area contributed by atoms with Gasteiger partial charge in [-0.2, -0.15) is 5.10 Å². The van der Waals surface area contributed by atoms with Crippen LogP contribution >= 0.6 is 0 Å². The largest absolute Gasteiger partial charge is 0.368 e. The monoisotopic (exact) mass is 303 g/mol. The molecule has 0 unspecified atom stereocenters. The highest BCUT2D eigenvalue weighted by Crippen LogP contribution is 2.20. The molecule has 3 rings (SSSR count). The van der Waals surface area contributed by atoms with E-state index in [0.29, 0.717) is 13.2 Å². The lowest BCUT2D eigenvalue weighted by Crippen LogP contribution is -2.36. The van der Waals surface area contributed by atoms with Crippen molar-refractivity contribution in [2.75, 3.05) is 6.61 Å². The molecule has 2 heterocycles. The highest BCUT2D eigenvalue weighted by atomic mass is 19.1. The van der Waals surface area contributed by atoms with Crippen LogP contribution in [0.2, 0.25) is 0 Å². The molecule has 2 atom stereocenters. The molecule has 116 valence electrons. The van der Waals surface area contributed by atoms with Crippen molar-refractivity contribution in [2.24, 2.45) is 5.92 Å². The molecule has 0 aliphatic carbocycles. The van der Waals surface area contributed by atoms with E-state index < -0.39 is 0 Å². The molecule has 0 radical (unpaired) electrons. The number of carbonyl (C=O) groups is 1. The normalized spacial score (nSPS) is 21.0. The zero-order chi connectivity index (χ0) is 15.5. The molecular weight excluding hydrogens is 285 g/mol. The van der Waals surface area contributed by atoms with Crippen LogP contribution in [-0.4, -0.2) is 28.4 Å². The number of halogens is 1. The molecule has 0 bridgehead atoms. The molecule has 1 fully saturated rings. The van der Waals surface area contributed by atoms with Crippen molar-refractivity contribution in [3.8, 4) is 5.69 Å². The van der Waals surface area contributed by atoms with Gasteiger partial charge >= 0.3 is 0 Å². The molecule has 6 heteroatoms. The van der Waals surface area contributed by atoms with Crippen molar-refractivity contribution in [3.63, 3.8) is 0 Å². The first-order valence-electron chi connectivity index (χ1n) is 7.33. The van der Waals surface area contributed by atoms with Gasteiger partial charge in [0, 0.05) is 12.8 Å². The number of ether oxygens (including phenoxy) is 1. The van der Waals surface area contributed by atoms with E-state index in [2.05, 4.69) is 10.4 Å². The fourth-order valence-corrected chi connectivity index (χ4v) is 2.50. The molecule has 1 saturated heterocycles. The van der Waals surface area contributed by atoms with Gasteiger partial charge < -0.3 is 10.1 Å². The van der Waals surface area contributed by atoms with Gasteiger partial charge in [0.05, 0.1) is 17.9 Å². The number of aromatic nitrogens is 2. The Morgan fingerprint density at radius 2 is 2.18 bits per heavy atom. The average Bonchev–Trinajstić information content (AvgIpc) is 3.14. The zero-order valence-corrected chi connectivity index (χ0v) is 12.3. The maximum absolute atomic E-state index is 12.9. The first-order valence-corrected chi connectivity index (χ1v) is 7.33. The second-order valence-electron chi connectivity index (χ2n) is 5.50. The van der Waals surface area contributed by atoms with Gasteiger partial charge in [-0.1, -0.05) is 6.92 Å². The summed E-state index contributed by atoms with van der Waals surface area (Å²) in [5, 5.41) is 7.21. The minimum atomic E-state index is -0.362. The van der Waals surface area contributed by atoms with Gasteiger partial charge in [0.1, 0.15) is 11.9 Å². The van der Waals surface area contributed by atoms with Crippen LogP contribution in [-0.2, 0) is 16.1 Å². The summed E-state index contributed by atoms with van der Waals surface area (Å²) >= 11 is 0. The SMILES string of the molecule is C[C@@H]1CCO[C@H]1C(=O)NCc1ccn(-c2ccc(F)cc2)n1. The van der Waals surface area contributed by atoms with Crippen molar-refractivity contribution in [1.29, 1.82) is 0 Å². The Morgan fingerprint density at radius 1 is 1.41 bits per heavy atom. The summed E-state index contributed by atoms with van der Waals surface area (Å²) in [6, 6.07) is 7.90. The second-order valence-corrected chi connectivity index (χ2v) is 5.50. The molecule has 1 aliphatic rings. The Morgan fingerprint density at radius 3 is 2.86 bits per heavy atom. The zero-order valence-electron chi connectivity index (χ0n) is 12.3. The van der Waals surface area contributed by atoms with Crippen LogP contribution in [0.15, 0.2) is 36.5 Å². The van der Waals surface area contributed by atoms with Crippen LogP contribution in [0.1, 0.15) is 19.0 Å². The highest BCUT2D eigenvalue weighted by molar-refractivity contribution is 5.81. The molecule has 1 N–H and O–H groups in total. The summed E-state index contributed by atoms with van der Waals surface area (Å²) in [5.41, 5.74) is 1.51. The summed E-state index contributed by atoms with van der Waals surface area (Å²) in [6.07, 6.45) is 2.33. The van der Waals surface area contributed by atoms with Crippen molar-refractivity contribution >= 4 is 5.91 Å². The van der Waals surface area contributed by atoms with Crippen molar-refractivity contribution in [2.45, 2.75) is 26.0 Å². The topological polar surface area (TPSA) is 56.1 Å². The Labute approximate surface area is 128 Å². The van der Waals surface area contributed by atoms with E-state index in [9.17, 15) is 9.18 Å². The lowest BCUT2D eigenvalue weighted by Gasteiger charge is -2.13. The number of nitrogens with zero attached hydrogens (tertiary/aromatic N) is 2. The lowest BCUT2D eigenvalue weighted by molar-refractivity contribution is -0.131. The Hall–Kier alpha value is -2.21. The van der Waals surface area contributed by atoms with E-state index in [1.54, 1.807) is 23.0 Å². The maximum atomic E-state index is 12.9. The van der Waals surface area contributed by atoms with Gasteiger partial charge in [0.25, 0.3) is 0 Å². The smallest absolute Gasteiger partial charge is 0.249 e. The first kappa shape index (κ1) is 14.7. The first-order chi connectivity index (χ1) is 10.6. The molecule has 22 heavy (non-hydrogen) atoms. The van der Waals surface area contributed by atoms with Gasteiger partial charge in [-0.15, -0.1) is 0 Å². The fourth-order valence-electron chi connectivity index (χ4n) is 2.50. The number of rotatable bonds is 4. The predicted molar refractivity (Wildman–Crippen MR) is 78.9 cm³/mol. The molecule has 0 spiro atoms. The van der Waals surface area contributed by atoms with Crippen molar-refractivity contribution < 1.29 is 13.9 Å². The van der Waals surface area contributed by atoms with Crippen molar-refractivity contribution in [3.05, 3.63) is 48.0 Å². The predicted octanol–water partition coefficient (Wildman–Crippen LogP) is 2.05. The molecule has 1 amide bonds. The average molecular weight is 303 g/mol. The number of amides is 1. The van der Waals surface area contributed by atoms with Gasteiger partial charge in [-0.05, 0) is 42.7 Å². The quantitative estimate of drug-likeness (QED) is 0.940. The molecular formula is C16H18FN3O2. The van der Waals surface area contributed by atoms with Crippen LogP contribution in [0.25, 0.3) is 5.69 Å². The van der Waals surface area contributed by atoms with Crippen LogP contribution in [0.5, 0.6) is 0 Å². The van der Waals surface area contributed by atoms with E-state index in [0.717, 1.165) is 17.8 Å². The highest BCUT2D eigenvalue weighted by Gasteiger charge is 2.30. The van der Waals surface area contributed by atoms with Gasteiger partial charge in [-0.3, -0.25) is 4.79 Å². The number of benzene rings is 1. The fraction of sp³-hybridized carbons (Fsp3) is 0.375. The minimum absolute atomic E-state index is 0.0960. The van der Waals surface area contributed by atoms with Crippen LogP contribution in [0.3, 0.4) is 0 Å². The van der Waals surface area contributed by atoms with Crippen LogP contribution in [0.4, 0.5) is 4.39 Å². The number of hydrogen-bond donors (Lipinski definition) is 1. The maximum Gasteiger partial charge on any atom is 0.249 e. The van der Waals surface area contributed by atoms with E-state index in [4.69, 9.17) is 4.74 Å². The van der Waals surface area contributed by atoms with E-state index >= 15 is 0 Å². The molecule has 0 saturated carbocycles. The van der Waals surface area contributed by atoms with E-state index in [1.165, 1.54) is 12.1 Å². The second kappa shape index (κ2) is 6.27. The molecule has 1 aromatic carbocycles. The third-order valence-corrected chi connectivity index (χ3v) is 3.83. The number of nitrogens with one attached hydrogen (secondary N) is 1. The van der Waals surface area contributed by atoms with Crippen LogP contribution in [0, 0.1) is 11.7 Å². The van der Waals surface area contributed by atoms with Gasteiger partial charge in [0.15, 0.2) is 0 Å². The number of hydrogen-bond acceptors (Lipinski definition) is 3. The molecule has 5 nitrogen and oxygen atoms in total. The van der Waals surface area contributed by atoms with E-state index in [1.807, 2.05) is 13.0 Å². The summed E-state index contributed by atoms with van der Waals surface area (Å²) in [4.78, 5) is 12.0.